The molecule has 4 aromatic rings. The molecule has 180 valence electrons. The molecule has 2 heterocycles. The van der Waals surface area contributed by atoms with Crippen molar-refractivity contribution >= 4 is 27.3 Å². The van der Waals surface area contributed by atoms with Gasteiger partial charge in [0, 0.05) is 5.56 Å². The number of nitrogens with one attached hydrogen (secondary N) is 1. The fourth-order valence-corrected chi connectivity index (χ4v) is 5.88. The Labute approximate surface area is 210 Å². The van der Waals surface area contributed by atoms with Crippen molar-refractivity contribution in [2.24, 2.45) is 0 Å². The molecule has 0 bridgehead atoms. The largest absolute Gasteiger partial charge is 0.419 e. The zero-order valence-electron chi connectivity index (χ0n) is 19.4. The number of hydrogen-bond acceptors (Lipinski definition) is 5. The van der Waals surface area contributed by atoms with E-state index in [2.05, 4.69) is 29.2 Å². The molecule has 5 rings (SSSR count). The number of aryl methyl sites for hydroxylation is 1. The zero-order chi connectivity index (χ0) is 24.4. The molecule has 0 amide bonds. The highest BCUT2D eigenvalue weighted by Gasteiger charge is 2.34. The number of quaternary nitrogens is 1. The number of hydrogen-bond donors (Lipinski definition) is 1. The van der Waals surface area contributed by atoms with Crippen molar-refractivity contribution in [3.8, 4) is 11.5 Å². The lowest BCUT2D eigenvalue weighted by Crippen LogP contribution is -3.13. The molecule has 0 aliphatic carbocycles. The van der Waals surface area contributed by atoms with E-state index in [9.17, 15) is 8.42 Å². The van der Waals surface area contributed by atoms with Gasteiger partial charge in [-0.3, -0.25) is 0 Å². The van der Waals surface area contributed by atoms with E-state index in [4.69, 9.17) is 16.0 Å². The van der Waals surface area contributed by atoms with Crippen molar-refractivity contribution in [2.45, 2.75) is 23.4 Å². The lowest BCUT2D eigenvalue weighted by Gasteiger charge is -2.32. The molecule has 8 heteroatoms. The number of anilines is 1. The maximum Gasteiger partial charge on any atom is 0.236 e. The Morgan fingerprint density at radius 1 is 0.943 bits per heavy atom. The molecule has 0 atom stereocenters. The highest BCUT2D eigenvalue weighted by molar-refractivity contribution is 7.91. The molecular weight excluding hydrogens is 482 g/mol. The van der Waals surface area contributed by atoms with Crippen LogP contribution in [0, 0.1) is 6.92 Å². The quantitative estimate of drug-likeness (QED) is 0.426. The van der Waals surface area contributed by atoms with Crippen LogP contribution in [0.3, 0.4) is 0 Å². The number of rotatable bonds is 6. The average molecular weight is 509 g/mol. The number of halogens is 1. The van der Waals surface area contributed by atoms with Crippen LogP contribution in [-0.2, 0) is 16.4 Å². The topological polar surface area (TPSA) is 67.9 Å². The van der Waals surface area contributed by atoms with Gasteiger partial charge in [-0.15, -0.1) is 0 Å². The van der Waals surface area contributed by atoms with Gasteiger partial charge in [0.05, 0.1) is 41.7 Å². The summed E-state index contributed by atoms with van der Waals surface area (Å²) >= 11 is 6.38. The minimum absolute atomic E-state index is 0.0669. The summed E-state index contributed by atoms with van der Waals surface area (Å²) in [6, 6.07) is 24.3. The molecule has 1 fully saturated rings. The Morgan fingerprint density at radius 2 is 1.60 bits per heavy atom. The van der Waals surface area contributed by atoms with Gasteiger partial charge >= 0.3 is 0 Å². The third kappa shape index (κ3) is 4.98. The van der Waals surface area contributed by atoms with Gasteiger partial charge in [0.25, 0.3) is 0 Å². The van der Waals surface area contributed by atoms with E-state index in [1.54, 1.807) is 36.4 Å². The molecule has 0 radical (unpaired) electrons. The summed E-state index contributed by atoms with van der Waals surface area (Å²) in [6.07, 6.45) is 0. The number of piperazine rings is 1. The summed E-state index contributed by atoms with van der Waals surface area (Å²) < 4.78 is 33.5. The number of nitrogens with zero attached hydrogens (tertiary/aromatic N) is 2. The first-order valence-corrected chi connectivity index (χ1v) is 13.5. The Hall–Kier alpha value is -3.13. The summed E-state index contributed by atoms with van der Waals surface area (Å²) in [7, 11) is -3.89. The predicted octanol–water partition coefficient (Wildman–Crippen LogP) is 4.04. The Balaban J connectivity index is 1.48. The highest BCUT2D eigenvalue weighted by Crippen LogP contribution is 2.36. The van der Waals surface area contributed by atoms with Crippen molar-refractivity contribution in [3.05, 3.63) is 95.0 Å². The second kappa shape index (κ2) is 9.85. The van der Waals surface area contributed by atoms with Crippen LogP contribution in [0.4, 0.5) is 5.88 Å². The molecule has 1 N–H and O–H groups in total. The van der Waals surface area contributed by atoms with E-state index in [-0.39, 0.29) is 21.7 Å². The summed E-state index contributed by atoms with van der Waals surface area (Å²) in [4.78, 5) is 8.11. The summed E-state index contributed by atoms with van der Waals surface area (Å²) in [5, 5.41) is 0.388. The molecule has 6 nitrogen and oxygen atoms in total. The van der Waals surface area contributed by atoms with Gasteiger partial charge in [0.2, 0.25) is 26.6 Å². The van der Waals surface area contributed by atoms with E-state index in [1.807, 2.05) is 30.0 Å². The van der Waals surface area contributed by atoms with Gasteiger partial charge in [-0.05, 0) is 31.2 Å². The standard InChI is InChI=1S/C27H26ClN3O3S/c1-20-11-13-22(14-12-20)35(32,33)26-27(34-25(29-26)23-9-5-6-10-24(23)28)31-17-15-30(16-18-31)19-21-7-3-2-4-8-21/h2-14H,15-19H2,1H3/p+1. The lowest BCUT2D eigenvalue weighted by atomic mass is 10.2. The Morgan fingerprint density at radius 3 is 2.29 bits per heavy atom. The number of aromatic nitrogens is 1. The normalized spacial score (nSPS) is 14.9. The summed E-state index contributed by atoms with van der Waals surface area (Å²) in [6.45, 7) is 5.91. The second-order valence-electron chi connectivity index (χ2n) is 8.83. The molecule has 0 saturated carbocycles. The van der Waals surface area contributed by atoms with E-state index < -0.39 is 9.84 Å². The first kappa shape index (κ1) is 23.6. The molecule has 35 heavy (non-hydrogen) atoms. The van der Waals surface area contributed by atoms with Crippen LogP contribution < -0.4 is 9.80 Å². The zero-order valence-corrected chi connectivity index (χ0v) is 21.0. The maximum atomic E-state index is 13.7. The highest BCUT2D eigenvalue weighted by atomic mass is 35.5. The Kier molecular flexibility index (Phi) is 6.65. The van der Waals surface area contributed by atoms with Gasteiger partial charge in [-0.1, -0.05) is 71.8 Å². The van der Waals surface area contributed by atoms with Crippen LogP contribution in [0.15, 0.2) is 93.2 Å². The van der Waals surface area contributed by atoms with Crippen molar-refractivity contribution in [1.82, 2.24) is 4.98 Å². The monoisotopic (exact) mass is 508 g/mol. The average Bonchev–Trinajstić information content (AvgIpc) is 3.32. The number of benzene rings is 3. The minimum atomic E-state index is -3.89. The van der Waals surface area contributed by atoms with Gasteiger partial charge < -0.3 is 14.2 Å². The third-order valence-electron chi connectivity index (χ3n) is 6.32. The first-order valence-electron chi connectivity index (χ1n) is 11.6. The molecule has 1 aliphatic heterocycles. The van der Waals surface area contributed by atoms with E-state index in [1.165, 1.54) is 10.5 Å². The predicted molar refractivity (Wildman–Crippen MR) is 137 cm³/mol. The van der Waals surface area contributed by atoms with Crippen LogP contribution in [0.25, 0.3) is 11.5 Å². The third-order valence-corrected chi connectivity index (χ3v) is 8.32. The minimum Gasteiger partial charge on any atom is -0.419 e. The fraction of sp³-hybridized carbons (Fsp3) is 0.222. The summed E-state index contributed by atoms with van der Waals surface area (Å²) in [5.74, 6) is 0.481. The number of oxazole rings is 1. The summed E-state index contributed by atoms with van der Waals surface area (Å²) in [5.41, 5.74) is 2.84. The van der Waals surface area contributed by atoms with Crippen LogP contribution in [0.2, 0.25) is 5.02 Å². The lowest BCUT2D eigenvalue weighted by molar-refractivity contribution is -0.914. The van der Waals surface area contributed by atoms with Gasteiger partial charge in [0.15, 0.2) is 0 Å². The molecule has 3 aromatic carbocycles. The van der Waals surface area contributed by atoms with Crippen LogP contribution >= 0.6 is 11.6 Å². The second-order valence-corrected chi connectivity index (χ2v) is 11.1. The molecule has 1 aliphatic rings. The van der Waals surface area contributed by atoms with Crippen molar-refractivity contribution < 1.29 is 17.7 Å². The first-order chi connectivity index (χ1) is 16.9. The maximum absolute atomic E-state index is 13.7. The molecular formula is C27H27ClN3O3S+. The van der Waals surface area contributed by atoms with Crippen LogP contribution in [0.5, 0.6) is 0 Å². The fourth-order valence-electron chi connectivity index (χ4n) is 4.34. The Bertz CT molecular complexity index is 1410. The number of sulfone groups is 1. The van der Waals surface area contributed by atoms with E-state index in [0.717, 1.165) is 25.2 Å². The van der Waals surface area contributed by atoms with Crippen LogP contribution in [-0.4, -0.2) is 39.6 Å². The smallest absolute Gasteiger partial charge is 0.236 e. The molecule has 1 saturated heterocycles. The van der Waals surface area contributed by atoms with Gasteiger partial charge in [-0.2, -0.15) is 4.98 Å². The van der Waals surface area contributed by atoms with E-state index >= 15 is 0 Å². The SMILES string of the molecule is Cc1ccc(S(=O)(=O)c2nc(-c3ccccc3Cl)oc2N2CC[NH+](Cc3ccccc3)CC2)cc1. The van der Waals surface area contributed by atoms with Crippen molar-refractivity contribution in [2.75, 3.05) is 31.1 Å². The molecule has 0 unspecified atom stereocenters. The van der Waals surface area contributed by atoms with Crippen molar-refractivity contribution in [3.63, 3.8) is 0 Å². The molecule has 1 aromatic heterocycles. The van der Waals surface area contributed by atoms with Crippen LogP contribution in [0.1, 0.15) is 11.1 Å². The van der Waals surface area contributed by atoms with E-state index in [0.29, 0.717) is 23.7 Å². The van der Waals surface area contributed by atoms with Gasteiger partial charge in [-0.25, -0.2) is 8.42 Å². The van der Waals surface area contributed by atoms with Crippen molar-refractivity contribution in [1.29, 1.82) is 0 Å². The van der Waals surface area contributed by atoms with Gasteiger partial charge in [0.1, 0.15) is 6.54 Å². The molecule has 0 spiro atoms.